The first-order valence-electron chi connectivity index (χ1n) is 7.14. The minimum atomic E-state index is -0.348. The zero-order valence-corrected chi connectivity index (χ0v) is 12.0. The Morgan fingerprint density at radius 1 is 1.30 bits per heavy atom. The molecule has 0 aliphatic carbocycles. The lowest BCUT2D eigenvalue weighted by Gasteiger charge is -2.34. The summed E-state index contributed by atoms with van der Waals surface area (Å²) in [7, 11) is 0. The van der Waals surface area contributed by atoms with Crippen molar-refractivity contribution in [2.75, 3.05) is 32.7 Å². The van der Waals surface area contributed by atoms with Gasteiger partial charge in [0.25, 0.3) is 5.91 Å². The number of hydrazine groups is 1. The Bertz CT molecular complexity index is 443. The van der Waals surface area contributed by atoms with Crippen LogP contribution in [0.15, 0.2) is 18.2 Å². The van der Waals surface area contributed by atoms with Crippen molar-refractivity contribution in [3.8, 4) is 0 Å². The van der Waals surface area contributed by atoms with Crippen molar-refractivity contribution in [3.05, 3.63) is 29.6 Å². The van der Waals surface area contributed by atoms with Gasteiger partial charge in [-0.3, -0.25) is 15.1 Å². The Kier molecular flexibility index (Phi) is 5.46. The third-order valence-electron chi connectivity index (χ3n) is 3.56. The molecule has 0 aromatic carbocycles. The minimum Gasteiger partial charge on any atom is -0.301 e. The van der Waals surface area contributed by atoms with E-state index >= 15 is 0 Å². The molecule has 20 heavy (non-hydrogen) atoms. The number of nitrogens with one attached hydrogen (secondary N) is 1. The van der Waals surface area contributed by atoms with Gasteiger partial charge in [-0.2, -0.15) is 0 Å². The predicted octanol–water partition coefficient (Wildman–Crippen LogP) is 0.213. The molecule has 1 aromatic heterocycles. The van der Waals surface area contributed by atoms with Crippen molar-refractivity contribution in [1.82, 2.24) is 20.2 Å². The fourth-order valence-electron chi connectivity index (χ4n) is 2.48. The SMILES string of the molecule is CCCN1CCN(Cc2cccc(C(=O)NN)n2)CC1. The van der Waals surface area contributed by atoms with Gasteiger partial charge in [-0.15, -0.1) is 0 Å². The summed E-state index contributed by atoms with van der Waals surface area (Å²) in [6.45, 7) is 8.49. The van der Waals surface area contributed by atoms with Crippen molar-refractivity contribution in [2.45, 2.75) is 19.9 Å². The molecule has 0 atom stereocenters. The topological polar surface area (TPSA) is 74.5 Å². The first-order valence-corrected chi connectivity index (χ1v) is 7.14. The molecule has 1 fully saturated rings. The Morgan fingerprint density at radius 3 is 2.65 bits per heavy atom. The van der Waals surface area contributed by atoms with Gasteiger partial charge < -0.3 is 4.90 Å². The van der Waals surface area contributed by atoms with Gasteiger partial charge in [-0.05, 0) is 25.1 Å². The fourth-order valence-corrected chi connectivity index (χ4v) is 2.48. The van der Waals surface area contributed by atoms with Gasteiger partial charge >= 0.3 is 0 Å². The summed E-state index contributed by atoms with van der Waals surface area (Å²) < 4.78 is 0. The fraction of sp³-hybridized carbons (Fsp3) is 0.571. The second-order valence-electron chi connectivity index (χ2n) is 5.11. The molecular weight excluding hydrogens is 254 g/mol. The lowest BCUT2D eigenvalue weighted by atomic mass is 10.2. The van der Waals surface area contributed by atoms with E-state index < -0.39 is 0 Å². The van der Waals surface area contributed by atoms with Crippen LogP contribution in [0.25, 0.3) is 0 Å². The second-order valence-corrected chi connectivity index (χ2v) is 5.11. The summed E-state index contributed by atoms with van der Waals surface area (Å²) in [4.78, 5) is 20.7. The van der Waals surface area contributed by atoms with E-state index in [-0.39, 0.29) is 5.91 Å². The van der Waals surface area contributed by atoms with Gasteiger partial charge in [0, 0.05) is 32.7 Å². The highest BCUT2D eigenvalue weighted by Crippen LogP contribution is 2.08. The first-order chi connectivity index (χ1) is 9.72. The lowest BCUT2D eigenvalue weighted by Crippen LogP contribution is -2.46. The second kappa shape index (κ2) is 7.33. The van der Waals surface area contributed by atoms with Gasteiger partial charge in [0.15, 0.2) is 0 Å². The van der Waals surface area contributed by atoms with Gasteiger partial charge in [-0.25, -0.2) is 10.8 Å². The van der Waals surface area contributed by atoms with Gasteiger partial charge in [0.2, 0.25) is 0 Å². The largest absolute Gasteiger partial charge is 0.301 e. The number of nitrogens with zero attached hydrogens (tertiary/aromatic N) is 3. The van der Waals surface area contributed by atoms with Crippen molar-refractivity contribution in [1.29, 1.82) is 0 Å². The Hall–Kier alpha value is -1.50. The number of hydrogen-bond donors (Lipinski definition) is 2. The number of aromatic nitrogens is 1. The lowest BCUT2D eigenvalue weighted by molar-refractivity contribution is 0.0947. The number of amides is 1. The van der Waals surface area contributed by atoms with Crippen LogP contribution in [0.3, 0.4) is 0 Å². The van der Waals surface area contributed by atoms with Crippen molar-refractivity contribution < 1.29 is 4.79 Å². The van der Waals surface area contributed by atoms with Crippen LogP contribution in [-0.2, 0) is 6.54 Å². The molecule has 1 aromatic rings. The highest BCUT2D eigenvalue weighted by Gasteiger charge is 2.17. The van der Waals surface area contributed by atoms with E-state index in [1.54, 1.807) is 6.07 Å². The maximum atomic E-state index is 11.5. The Balaban J connectivity index is 1.89. The molecule has 0 bridgehead atoms. The standard InChI is InChI=1S/C14H23N5O/c1-2-6-18-7-9-19(10-8-18)11-12-4-3-5-13(16-12)14(20)17-15/h3-5H,2,6-11,15H2,1H3,(H,17,20). The van der Waals surface area contributed by atoms with Crippen LogP contribution in [0.2, 0.25) is 0 Å². The predicted molar refractivity (Wildman–Crippen MR) is 77.9 cm³/mol. The number of nitrogen functional groups attached to an aromatic ring is 1. The Labute approximate surface area is 119 Å². The Morgan fingerprint density at radius 2 is 2.00 bits per heavy atom. The zero-order chi connectivity index (χ0) is 14.4. The molecule has 2 rings (SSSR count). The van der Waals surface area contributed by atoms with E-state index in [1.807, 2.05) is 12.1 Å². The number of carbonyl (C=O) groups is 1. The molecule has 110 valence electrons. The average molecular weight is 277 g/mol. The summed E-state index contributed by atoms with van der Waals surface area (Å²) in [5.41, 5.74) is 3.39. The maximum absolute atomic E-state index is 11.5. The number of hydrogen-bond acceptors (Lipinski definition) is 5. The van der Waals surface area contributed by atoms with Crippen LogP contribution >= 0.6 is 0 Å². The molecule has 6 heteroatoms. The molecule has 3 N–H and O–H groups in total. The van der Waals surface area contributed by atoms with Crippen LogP contribution in [0.5, 0.6) is 0 Å². The summed E-state index contributed by atoms with van der Waals surface area (Å²) in [5.74, 6) is 4.78. The molecule has 6 nitrogen and oxygen atoms in total. The van der Waals surface area contributed by atoms with Crippen molar-refractivity contribution in [3.63, 3.8) is 0 Å². The van der Waals surface area contributed by atoms with Gasteiger partial charge in [0.05, 0.1) is 5.69 Å². The molecule has 1 amide bonds. The van der Waals surface area contributed by atoms with Gasteiger partial charge in [0.1, 0.15) is 5.69 Å². The summed E-state index contributed by atoms with van der Waals surface area (Å²) in [6, 6.07) is 5.47. The minimum absolute atomic E-state index is 0.348. The smallest absolute Gasteiger partial charge is 0.283 e. The van der Waals surface area contributed by atoms with E-state index in [1.165, 1.54) is 13.0 Å². The number of pyridine rings is 1. The molecule has 0 saturated carbocycles. The normalized spacial score (nSPS) is 17.1. The number of piperazine rings is 1. The number of nitrogens with two attached hydrogens (primary N) is 1. The third kappa shape index (κ3) is 4.00. The number of rotatable bonds is 5. The third-order valence-corrected chi connectivity index (χ3v) is 3.56. The molecule has 1 aliphatic rings. The van der Waals surface area contributed by atoms with Crippen LogP contribution in [0, 0.1) is 0 Å². The zero-order valence-electron chi connectivity index (χ0n) is 12.0. The maximum Gasteiger partial charge on any atom is 0.283 e. The van der Waals surface area contributed by atoms with E-state index in [2.05, 4.69) is 27.1 Å². The molecular formula is C14H23N5O. The van der Waals surface area contributed by atoms with Crippen molar-refractivity contribution >= 4 is 5.91 Å². The highest BCUT2D eigenvalue weighted by atomic mass is 16.2. The molecule has 2 heterocycles. The molecule has 0 spiro atoms. The monoisotopic (exact) mass is 277 g/mol. The summed E-state index contributed by atoms with van der Waals surface area (Å²) in [6.07, 6.45) is 1.21. The van der Waals surface area contributed by atoms with Crippen LogP contribution in [0.1, 0.15) is 29.5 Å². The van der Waals surface area contributed by atoms with E-state index in [9.17, 15) is 4.79 Å². The summed E-state index contributed by atoms with van der Waals surface area (Å²) >= 11 is 0. The van der Waals surface area contributed by atoms with Gasteiger partial charge in [-0.1, -0.05) is 13.0 Å². The van der Waals surface area contributed by atoms with Crippen LogP contribution < -0.4 is 11.3 Å². The van der Waals surface area contributed by atoms with E-state index in [4.69, 9.17) is 5.84 Å². The van der Waals surface area contributed by atoms with E-state index in [0.29, 0.717) is 5.69 Å². The quantitative estimate of drug-likeness (QED) is 0.457. The van der Waals surface area contributed by atoms with Crippen molar-refractivity contribution in [2.24, 2.45) is 5.84 Å². The molecule has 1 saturated heterocycles. The van der Waals surface area contributed by atoms with E-state index in [0.717, 1.165) is 38.4 Å². The molecule has 0 unspecified atom stereocenters. The number of carbonyl (C=O) groups excluding carboxylic acids is 1. The first kappa shape index (κ1) is 14.9. The highest BCUT2D eigenvalue weighted by molar-refractivity contribution is 5.91. The average Bonchev–Trinajstić information content (AvgIpc) is 2.49. The molecule has 0 radical (unpaired) electrons. The van der Waals surface area contributed by atoms with Crippen LogP contribution in [0.4, 0.5) is 0 Å². The molecule has 1 aliphatic heterocycles. The van der Waals surface area contributed by atoms with Crippen LogP contribution in [-0.4, -0.2) is 53.4 Å². The summed E-state index contributed by atoms with van der Waals surface area (Å²) in [5, 5.41) is 0.